The third-order valence-electron chi connectivity index (χ3n) is 6.25. The van der Waals surface area contributed by atoms with Gasteiger partial charge in [0, 0.05) is 44.3 Å². The lowest BCUT2D eigenvalue weighted by Gasteiger charge is -2.44. The molecule has 0 saturated carbocycles. The van der Waals surface area contributed by atoms with Crippen LogP contribution >= 0.6 is 0 Å². The Morgan fingerprint density at radius 2 is 1.86 bits per heavy atom. The van der Waals surface area contributed by atoms with Gasteiger partial charge in [-0.25, -0.2) is 14.6 Å². The minimum atomic E-state index is -0.543. The molecule has 2 heterocycles. The van der Waals surface area contributed by atoms with E-state index >= 15 is 0 Å². The monoisotopic (exact) mass is 509 g/mol. The zero-order valence-electron chi connectivity index (χ0n) is 21.7. The maximum atomic E-state index is 12.6. The predicted octanol–water partition coefficient (Wildman–Crippen LogP) is 4.07. The van der Waals surface area contributed by atoms with E-state index in [1.807, 2.05) is 36.4 Å². The summed E-state index contributed by atoms with van der Waals surface area (Å²) in [6.07, 6.45) is 1.70. The van der Waals surface area contributed by atoms with Gasteiger partial charge in [0.25, 0.3) is 0 Å². The quantitative estimate of drug-likeness (QED) is 0.441. The van der Waals surface area contributed by atoms with Crippen molar-refractivity contribution in [3.8, 4) is 11.9 Å². The fourth-order valence-electron chi connectivity index (χ4n) is 4.40. The third-order valence-corrected chi connectivity index (χ3v) is 6.25. The number of carbonyl (C=O) groups excluding carboxylic acids is 2. The Hall–Kier alpha value is -3.84. The van der Waals surface area contributed by atoms with Crippen molar-refractivity contribution in [2.24, 2.45) is 0 Å². The summed E-state index contributed by atoms with van der Waals surface area (Å²) in [5.41, 5.74) is 1.51. The molecule has 1 aliphatic rings. The van der Waals surface area contributed by atoms with Crippen LogP contribution in [0, 0.1) is 11.3 Å². The Kier molecular flexibility index (Phi) is 10.5. The van der Waals surface area contributed by atoms with Crippen molar-refractivity contribution in [3.05, 3.63) is 54.2 Å². The third kappa shape index (κ3) is 8.08. The number of ether oxygens (including phenoxy) is 3. The first kappa shape index (κ1) is 27.7. The maximum Gasteiger partial charge on any atom is 0.414 e. The maximum absolute atomic E-state index is 12.6. The molecule has 2 atom stereocenters. The molecule has 1 aromatic carbocycles. The standard InChI is InChI=1S/C27H35N5O5/c1-21-18-30(26(33)37-20-23-9-5-4-6-10-23)19-22(2)31(21)15-8-16-36-25-12-11-24(17-29-25)32(14-7-13-28)27(34)35-3/h4-6,9-12,17,21-22H,7-8,14-16,18-20H2,1-3H3/t21-,22+. The van der Waals surface area contributed by atoms with Gasteiger partial charge in [-0.15, -0.1) is 0 Å². The Morgan fingerprint density at radius 1 is 1.14 bits per heavy atom. The first-order valence-corrected chi connectivity index (χ1v) is 12.5. The number of nitrogens with zero attached hydrogens (tertiary/aromatic N) is 5. The van der Waals surface area contributed by atoms with E-state index in [0.29, 0.717) is 31.3 Å². The lowest BCUT2D eigenvalue weighted by molar-refractivity contribution is 0.0229. The molecule has 0 aliphatic carbocycles. The minimum absolute atomic E-state index is 0.188. The summed E-state index contributed by atoms with van der Waals surface area (Å²) >= 11 is 0. The minimum Gasteiger partial charge on any atom is -0.478 e. The van der Waals surface area contributed by atoms with Gasteiger partial charge in [-0.05, 0) is 31.9 Å². The zero-order chi connectivity index (χ0) is 26.6. The van der Waals surface area contributed by atoms with Crippen LogP contribution in [0.25, 0.3) is 0 Å². The van der Waals surface area contributed by atoms with Gasteiger partial charge in [0.1, 0.15) is 6.61 Å². The van der Waals surface area contributed by atoms with Gasteiger partial charge in [0.05, 0.1) is 38.1 Å². The number of hydrogen-bond acceptors (Lipinski definition) is 8. The van der Waals surface area contributed by atoms with Gasteiger partial charge in [-0.3, -0.25) is 9.80 Å². The lowest BCUT2D eigenvalue weighted by atomic mass is 10.1. The first-order valence-electron chi connectivity index (χ1n) is 12.5. The van der Waals surface area contributed by atoms with Crippen LogP contribution in [0.1, 0.15) is 32.3 Å². The van der Waals surface area contributed by atoms with Gasteiger partial charge in [-0.1, -0.05) is 30.3 Å². The smallest absolute Gasteiger partial charge is 0.414 e. The van der Waals surface area contributed by atoms with Crippen molar-refractivity contribution < 1.29 is 23.8 Å². The van der Waals surface area contributed by atoms with Gasteiger partial charge in [0.15, 0.2) is 0 Å². The Bertz CT molecular complexity index is 1030. The molecule has 2 amide bonds. The van der Waals surface area contributed by atoms with Crippen LogP contribution in [0.3, 0.4) is 0 Å². The van der Waals surface area contributed by atoms with E-state index in [2.05, 4.69) is 23.7 Å². The molecule has 1 saturated heterocycles. The summed E-state index contributed by atoms with van der Waals surface area (Å²) in [5.74, 6) is 0.459. The first-order chi connectivity index (χ1) is 17.9. The number of amides is 2. The SMILES string of the molecule is COC(=O)N(CCC#N)c1ccc(OCCCN2[C@H](C)CN(C(=O)OCc3ccccc3)C[C@@H]2C)nc1. The van der Waals surface area contributed by atoms with E-state index < -0.39 is 6.09 Å². The van der Waals surface area contributed by atoms with Crippen LogP contribution in [0.15, 0.2) is 48.7 Å². The van der Waals surface area contributed by atoms with E-state index in [-0.39, 0.29) is 37.7 Å². The number of rotatable bonds is 10. The van der Waals surface area contributed by atoms with E-state index in [9.17, 15) is 9.59 Å². The topological polar surface area (TPSA) is 108 Å². The molecule has 198 valence electrons. The molecule has 10 heteroatoms. The fourth-order valence-corrected chi connectivity index (χ4v) is 4.40. The molecule has 1 aliphatic heterocycles. The summed E-state index contributed by atoms with van der Waals surface area (Å²) in [6, 6.07) is 15.5. The second-order valence-electron chi connectivity index (χ2n) is 8.97. The fraction of sp³-hybridized carbons (Fsp3) is 0.481. The number of hydrogen-bond donors (Lipinski definition) is 0. The highest BCUT2D eigenvalue weighted by molar-refractivity contribution is 5.87. The molecular formula is C27H35N5O5. The van der Waals surface area contributed by atoms with Gasteiger partial charge in [-0.2, -0.15) is 5.26 Å². The van der Waals surface area contributed by atoms with Crippen LogP contribution in [0.4, 0.5) is 15.3 Å². The van der Waals surface area contributed by atoms with Crippen molar-refractivity contribution in [3.63, 3.8) is 0 Å². The van der Waals surface area contributed by atoms with Crippen LogP contribution in [-0.4, -0.2) is 78.9 Å². The number of pyridine rings is 1. The van der Waals surface area contributed by atoms with Crippen LogP contribution in [0.2, 0.25) is 0 Å². The second kappa shape index (κ2) is 14.0. The Morgan fingerprint density at radius 3 is 2.49 bits per heavy atom. The average molecular weight is 510 g/mol. The summed E-state index contributed by atoms with van der Waals surface area (Å²) in [6.45, 7) is 7.28. The number of nitriles is 1. The summed E-state index contributed by atoms with van der Waals surface area (Å²) in [4.78, 5) is 34.3. The summed E-state index contributed by atoms with van der Waals surface area (Å²) in [7, 11) is 1.30. The molecule has 1 fully saturated rings. The molecule has 0 N–H and O–H groups in total. The molecule has 1 aromatic heterocycles. The highest BCUT2D eigenvalue weighted by Gasteiger charge is 2.32. The Balaban J connectivity index is 1.41. The van der Waals surface area contributed by atoms with Gasteiger partial charge < -0.3 is 19.1 Å². The molecule has 0 spiro atoms. The van der Waals surface area contributed by atoms with Crippen molar-refractivity contribution in [2.75, 3.05) is 44.8 Å². The van der Waals surface area contributed by atoms with Crippen molar-refractivity contribution >= 4 is 17.9 Å². The molecule has 37 heavy (non-hydrogen) atoms. The summed E-state index contributed by atoms with van der Waals surface area (Å²) < 4.78 is 16.1. The second-order valence-corrected chi connectivity index (χ2v) is 8.97. The lowest BCUT2D eigenvalue weighted by Crippen LogP contribution is -2.58. The molecular weight excluding hydrogens is 474 g/mol. The zero-order valence-corrected chi connectivity index (χ0v) is 21.7. The number of aromatic nitrogens is 1. The van der Waals surface area contributed by atoms with E-state index in [1.54, 1.807) is 17.0 Å². The highest BCUT2D eigenvalue weighted by Crippen LogP contribution is 2.20. The molecule has 0 radical (unpaired) electrons. The molecule has 0 bridgehead atoms. The normalized spacial score (nSPS) is 17.5. The number of methoxy groups -OCH3 is 1. The van der Waals surface area contributed by atoms with Crippen molar-refractivity contribution in [1.29, 1.82) is 5.26 Å². The molecule has 3 rings (SSSR count). The molecule has 10 nitrogen and oxygen atoms in total. The highest BCUT2D eigenvalue weighted by atomic mass is 16.6. The van der Waals surface area contributed by atoms with Crippen LogP contribution in [0.5, 0.6) is 5.88 Å². The van der Waals surface area contributed by atoms with Crippen molar-refractivity contribution in [1.82, 2.24) is 14.8 Å². The Labute approximate surface area is 218 Å². The number of benzene rings is 1. The van der Waals surface area contributed by atoms with Crippen LogP contribution < -0.4 is 9.64 Å². The summed E-state index contributed by atoms with van der Waals surface area (Å²) in [5, 5.41) is 8.82. The predicted molar refractivity (Wildman–Crippen MR) is 138 cm³/mol. The average Bonchev–Trinajstić information content (AvgIpc) is 2.92. The largest absolute Gasteiger partial charge is 0.478 e. The van der Waals surface area contributed by atoms with E-state index in [4.69, 9.17) is 19.5 Å². The van der Waals surface area contributed by atoms with E-state index in [0.717, 1.165) is 18.5 Å². The van der Waals surface area contributed by atoms with E-state index in [1.165, 1.54) is 18.2 Å². The molecule has 2 aromatic rings. The number of anilines is 1. The van der Waals surface area contributed by atoms with Gasteiger partial charge >= 0.3 is 12.2 Å². The van der Waals surface area contributed by atoms with Crippen molar-refractivity contribution in [2.45, 2.75) is 45.4 Å². The number of carbonyl (C=O) groups is 2. The number of piperazine rings is 1. The molecule has 0 unspecified atom stereocenters. The van der Waals surface area contributed by atoms with Crippen LogP contribution in [-0.2, 0) is 16.1 Å². The van der Waals surface area contributed by atoms with Gasteiger partial charge in [0.2, 0.25) is 5.88 Å².